The van der Waals surface area contributed by atoms with E-state index in [4.69, 9.17) is 5.73 Å². The lowest BCUT2D eigenvalue weighted by Crippen LogP contribution is -2.38. The summed E-state index contributed by atoms with van der Waals surface area (Å²) in [6.07, 6.45) is 1.51. The summed E-state index contributed by atoms with van der Waals surface area (Å²) in [5.41, 5.74) is 9.37. The fourth-order valence-electron chi connectivity index (χ4n) is 3.58. The van der Waals surface area contributed by atoms with Crippen molar-refractivity contribution in [2.75, 3.05) is 35.6 Å². The van der Waals surface area contributed by atoms with Gasteiger partial charge in [-0.25, -0.2) is 4.98 Å². The van der Waals surface area contributed by atoms with Gasteiger partial charge in [0.05, 0.1) is 18.3 Å². The number of nitrogens with zero attached hydrogens (tertiary/aromatic N) is 2. The zero-order valence-corrected chi connectivity index (χ0v) is 18.3. The van der Waals surface area contributed by atoms with Crippen LogP contribution < -0.4 is 21.3 Å². The van der Waals surface area contributed by atoms with E-state index in [9.17, 15) is 14.7 Å². The smallest absolute Gasteiger partial charge is 0.251 e. The number of aliphatic hydroxyl groups excluding tert-OH is 1. The molecule has 0 saturated carbocycles. The van der Waals surface area contributed by atoms with E-state index in [1.54, 1.807) is 24.3 Å². The first-order valence-corrected chi connectivity index (χ1v) is 11.3. The maximum Gasteiger partial charge on any atom is 0.251 e. The second-order valence-electron chi connectivity index (χ2n) is 7.68. The summed E-state index contributed by atoms with van der Waals surface area (Å²) in [4.78, 5) is 31.0. The Morgan fingerprint density at radius 2 is 2.03 bits per heavy atom. The Bertz CT molecular complexity index is 1100. The molecule has 9 heteroatoms. The first kappa shape index (κ1) is 21.8. The second kappa shape index (κ2) is 9.80. The lowest BCUT2D eigenvalue weighted by Gasteiger charge is -2.32. The van der Waals surface area contributed by atoms with Crippen molar-refractivity contribution >= 4 is 39.7 Å². The third kappa shape index (κ3) is 5.43. The van der Waals surface area contributed by atoms with Gasteiger partial charge in [-0.1, -0.05) is 12.1 Å². The van der Waals surface area contributed by atoms with Crippen LogP contribution in [0, 0.1) is 0 Å². The highest BCUT2D eigenvalue weighted by atomic mass is 32.1. The van der Waals surface area contributed by atoms with Crippen molar-refractivity contribution in [1.82, 2.24) is 10.3 Å². The largest absolute Gasteiger partial charge is 0.399 e. The second-order valence-corrected chi connectivity index (χ2v) is 8.54. The SMILES string of the molecule is Nc1ccc(C(=O)NCC(=O)Nc2nc(-c3cccc(N4CCC[C@@H](O)C4)c3)cs2)cc1. The Balaban J connectivity index is 1.34. The molecule has 1 aliphatic heterocycles. The van der Waals surface area contributed by atoms with Gasteiger partial charge in [0.1, 0.15) is 0 Å². The monoisotopic (exact) mass is 451 g/mol. The Morgan fingerprint density at radius 3 is 2.81 bits per heavy atom. The standard InChI is InChI=1S/C23H25N5O3S/c24-17-8-6-15(7-9-17)22(31)25-12-21(30)27-23-26-20(14-32-23)16-3-1-4-18(11-16)28-10-2-5-19(29)13-28/h1,3-4,6-9,11,14,19,29H,2,5,10,12-13,24H2,(H,25,31)(H,26,27,30)/t19-/m1/s1. The van der Waals surface area contributed by atoms with Gasteiger partial charge in [0.15, 0.2) is 5.13 Å². The maximum atomic E-state index is 12.2. The molecule has 1 saturated heterocycles. The summed E-state index contributed by atoms with van der Waals surface area (Å²) >= 11 is 1.32. The van der Waals surface area contributed by atoms with Crippen LogP contribution in [0.1, 0.15) is 23.2 Å². The molecule has 2 amide bonds. The van der Waals surface area contributed by atoms with Crippen LogP contribution in [-0.2, 0) is 4.79 Å². The molecule has 0 spiro atoms. The molecule has 0 radical (unpaired) electrons. The highest BCUT2D eigenvalue weighted by Gasteiger charge is 2.18. The normalized spacial score (nSPS) is 15.9. The number of β-amino-alcohol motifs (C(OH)–C–C–N with tert-alkyl or cyclic N) is 1. The van der Waals surface area contributed by atoms with Crippen molar-refractivity contribution in [3.05, 3.63) is 59.5 Å². The van der Waals surface area contributed by atoms with Crippen molar-refractivity contribution < 1.29 is 14.7 Å². The van der Waals surface area contributed by atoms with E-state index in [0.29, 0.717) is 22.9 Å². The number of hydrogen-bond donors (Lipinski definition) is 4. The maximum absolute atomic E-state index is 12.2. The van der Waals surface area contributed by atoms with Crippen LogP contribution in [0.15, 0.2) is 53.9 Å². The number of aliphatic hydroxyl groups is 1. The molecule has 1 atom stereocenters. The van der Waals surface area contributed by atoms with Crippen LogP contribution in [0.4, 0.5) is 16.5 Å². The zero-order valence-electron chi connectivity index (χ0n) is 17.5. The quantitative estimate of drug-likeness (QED) is 0.428. The topological polar surface area (TPSA) is 121 Å². The number of nitrogens with two attached hydrogens (primary N) is 1. The van der Waals surface area contributed by atoms with E-state index >= 15 is 0 Å². The predicted molar refractivity (Wildman–Crippen MR) is 127 cm³/mol. The summed E-state index contributed by atoms with van der Waals surface area (Å²) in [7, 11) is 0. The molecule has 8 nitrogen and oxygen atoms in total. The van der Waals surface area contributed by atoms with Gasteiger partial charge in [-0.05, 0) is 49.2 Å². The lowest BCUT2D eigenvalue weighted by molar-refractivity contribution is -0.115. The summed E-state index contributed by atoms with van der Waals surface area (Å²) < 4.78 is 0. The molecule has 2 aromatic carbocycles. The molecule has 1 fully saturated rings. The Kier molecular flexibility index (Phi) is 6.67. The Labute approximate surface area is 190 Å². The van der Waals surface area contributed by atoms with E-state index in [1.165, 1.54) is 11.3 Å². The highest BCUT2D eigenvalue weighted by molar-refractivity contribution is 7.14. The average Bonchev–Trinajstić information content (AvgIpc) is 3.26. The zero-order chi connectivity index (χ0) is 22.5. The van der Waals surface area contributed by atoms with Crippen molar-refractivity contribution in [2.45, 2.75) is 18.9 Å². The number of hydrogen-bond acceptors (Lipinski definition) is 7. The fraction of sp³-hybridized carbons (Fsp3) is 0.261. The minimum Gasteiger partial charge on any atom is -0.399 e. The van der Waals surface area contributed by atoms with E-state index in [-0.39, 0.29) is 24.5 Å². The van der Waals surface area contributed by atoms with Gasteiger partial charge in [0, 0.05) is 41.0 Å². The predicted octanol–water partition coefficient (Wildman–Crippen LogP) is 2.72. The summed E-state index contributed by atoms with van der Waals surface area (Å²) in [6, 6.07) is 14.5. The number of benzene rings is 2. The number of amides is 2. The van der Waals surface area contributed by atoms with Gasteiger partial charge < -0.3 is 26.4 Å². The molecule has 5 N–H and O–H groups in total. The van der Waals surface area contributed by atoms with Crippen molar-refractivity contribution in [2.24, 2.45) is 0 Å². The van der Waals surface area contributed by atoms with Crippen LogP contribution in [0.5, 0.6) is 0 Å². The van der Waals surface area contributed by atoms with Gasteiger partial charge in [0.2, 0.25) is 5.91 Å². The number of carbonyl (C=O) groups excluding carboxylic acids is 2. The molecule has 0 unspecified atom stereocenters. The third-order valence-corrected chi connectivity index (χ3v) is 5.99. The van der Waals surface area contributed by atoms with Crippen LogP contribution in [-0.4, -0.2) is 47.6 Å². The molecule has 32 heavy (non-hydrogen) atoms. The van der Waals surface area contributed by atoms with E-state index in [2.05, 4.69) is 20.5 Å². The Hall–Kier alpha value is -3.43. The van der Waals surface area contributed by atoms with E-state index in [1.807, 2.05) is 29.6 Å². The average molecular weight is 452 g/mol. The molecule has 2 heterocycles. The van der Waals surface area contributed by atoms with Gasteiger partial charge in [-0.15, -0.1) is 11.3 Å². The molecule has 3 aromatic rings. The number of rotatable bonds is 6. The third-order valence-electron chi connectivity index (χ3n) is 5.24. The molecule has 166 valence electrons. The summed E-state index contributed by atoms with van der Waals surface area (Å²) in [6.45, 7) is 1.38. The van der Waals surface area contributed by atoms with E-state index in [0.717, 1.165) is 36.3 Å². The van der Waals surface area contributed by atoms with Gasteiger partial charge in [0.25, 0.3) is 5.91 Å². The molecule has 0 aliphatic carbocycles. The van der Waals surface area contributed by atoms with E-state index < -0.39 is 0 Å². The van der Waals surface area contributed by atoms with Gasteiger partial charge in [-0.2, -0.15) is 0 Å². The number of nitrogen functional groups attached to an aromatic ring is 1. The number of nitrogens with one attached hydrogen (secondary N) is 2. The molecule has 4 rings (SSSR count). The fourth-order valence-corrected chi connectivity index (χ4v) is 4.31. The van der Waals surface area contributed by atoms with Gasteiger partial charge >= 0.3 is 0 Å². The lowest BCUT2D eigenvalue weighted by atomic mass is 10.1. The van der Waals surface area contributed by atoms with Crippen molar-refractivity contribution in [3.63, 3.8) is 0 Å². The number of aromatic nitrogens is 1. The van der Waals surface area contributed by atoms with Crippen LogP contribution in [0.3, 0.4) is 0 Å². The highest BCUT2D eigenvalue weighted by Crippen LogP contribution is 2.29. The van der Waals surface area contributed by atoms with Crippen LogP contribution in [0.2, 0.25) is 0 Å². The molecule has 0 bridgehead atoms. The van der Waals surface area contributed by atoms with Gasteiger partial charge in [-0.3, -0.25) is 9.59 Å². The number of piperidine rings is 1. The first-order valence-electron chi connectivity index (χ1n) is 10.4. The Morgan fingerprint density at radius 1 is 1.22 bits per heavy atom. The summed E-state index contributed by atoms with van der Waals surface area (Å²) in [5, 5.41) is 17.6. The molecular formula is C23H25N5O3S. The minimum absolute atomic E-state index is 0.162. The first-order chi connectivity index (χ1) is 15.5. The van der Waals surface area contributed by atoms with Crippen LogP contribution >= 0.6 is 11.3 Å². The minimum atomic E-state index is -0.356. The van der Waals surface area contributed by atoms with Crippen molar-refractivity contribution in [1.29, 1.82) is 0 Å². The number of thiazole rings is 1. The number of anilines is 3. The van der Waals surface area contributed by atoms with Crippen molar-refractivity contribution in [3.8, 4) is 11.3 Å². The number of carbonyl (C=O) groups is 2. The molecule has 1 aromatic heterocycles. The molecule has 1 aliphatic rings. The molecular weight excluding hydrogens is 426 g/mol. The summed E-state index contributed by atoms with van der Waals surface area (Å²) in [5.74, 6) is -0.703. The van der Waals surface area contributed by atoms with Crippen LogP contribution in [0.25, 0.3) is 11.3 Å².